The van der Waals surface area contributed by atoms with Crippen molar-refractivity contribution in [3.63, 3.8) is 0 Å². The number of hydrogen-bond donors (Lipinski definition) is 0. The Morgan fingerprint density at radius 2 is 1.33 bits per heavy atom. The summed E-state index contributed by atoms with van der Waals surface area (Å²) in [6.07, 6.45) is 14.0. The molecule has 0 aromatic heterocycles. The van der Waals surface area contributed by atoms with E-state index in [4.69, 9.17) is 4.74 Å². The lowest BCUT2D eigenvalue weighted by atomic mass is 10.0. The Labute approximate surface area is 167 Å². The molecule has 160 valence electrons. The van der Waals surface area contributed by atoms with Gasteiger partial charge in [-0.3, -0.25) is 9.59 Å². The zero-order valence-electron chi connectivity index (χ0n) is 18.3. The first-order valence-corrected chi connectivity index (χ1v) is 10.9. The summed E-state index contributed by atoms with van der Waals surface area (Å²) in [6.45, 7) is 3.13. The van der Waals surface area contributed by atoms with E-state index in [1.807, 2.05) is 14.1 Å². The molecule has 0 radical (unpaired) electrons. The average Bonchev–Trinajstić information content (AvgIpc) is 2.63. The minimum Gasteiger partial charge on any atom is -0.469 e. The van der Waals surface area contributed by atoms with E-state index in [1.54, 1.807) is 0 Å². The van der Waals surface area contributed by atoms with Crippen LogP contribution in [0.25, 0.3) is 0 Å². The zero-order valence-corrected chi connectivity index (χ0v) is 18.3. The van der Waals surface area contributed by atoms with E-state index in [1.165, 1.54) is 32.8 Å². The molecule has 0 aliphatic rings. The molecule has 0 N–H and O–H groups in total. The minimum atomic E-state index is -0.133. The van der Waals surface area contributed by atoms with Gasteiger partial charge in [-0.2, -0.15) is 0 Å². The summed E-state index contributed by atoms with van der Waals surface area (Å²) in [6, 6.07) is 0. The third kappa shape index (κ3) is 18.0. The molecule has 0 aromatic carbocycles. The van der Waals surface area contributed by atoms with Gasteiger partial charge in [0.15, 0.2) is 0 Å². The predicted molar refractivity (Wildman–Crippen MR) is 111 cm³/mol. The van der Waals surface area contributed by atoms with Crippen LogP contribution in [-0.2, 0) is 19.1 Å². The van der Waals surface area contributed by atoms with Crippen molar-refractivity contribution < 1.29 is 19.1 Å². The van der Waals surface area contributed by atoms with Crippen LogP contribution >= 0.6 is 0 Å². The Kier molecular flexibility index (Phi) is 17.5. The average molecular weight is 386 g/mol. The highest BCUT2D eigenvalue weighted by atomic mass is 16.5. The van der Waals surface area contributed by atoms with Gasteiger partial charge in [0.05, 0.1) is 7.11 Å². The lowest BCUT2D eigenvalue weighted by molar-refractivity contribution is -0.150. The molecule has 0 aliphatic heterocycles. The number of esters is 2. The normalized spacial score (nSPS) is 12.2. The van der Waals surface area contributed by atoms with E-state index in [2.05, 4.69) is 16.6 Å². The van der Waals surface area contributed by atoms with Gasteiger partial charge in [0.25, 0.3) is 0 Å². The Morgan fingerprint density at radius 1 is 0.778 bits per heavy atom. The standard InChI is InChI=1S/C22H43NO4/c1-5-6-7-8-11-15-20(27-22(25)18-14-19-23(2)3)16-12-9-10-13-17-21(24)26-4/h20H,5-19H2,1-4H3. The number of carbonyl (C=O) groups is 2. The molecule has 0 fully saturated rings. The maximum atomic E-state index is 12.1. The fourth-order valence-electron chi connectivity index (χ4n) is 3.12. The second kappa shape index (κ2) is 18.3. The van der Waals surface area contributed by atoms with Crippen LogP contribution < -0.4 is 0 Å². The number of methoxy groups -OCH3 is 1. The van der Waals surface area contributed by atoms with Crippen LogP contribution in [0.5, 0.6) is 0 Å². The van der Waals surface area contributed by atoms with Crippen molar-refractivity contribution in [1.82, 2.24) is 4.90 Å². The van der Waals surface area contributed by atoms with E-state index in [0.29, 0.717) is 12.8 Å². The predicted octanol–water partition coefficient (Wildman–Crippen LogP) is 5.11. The van der Waals surface area contributed by atoms with Gasteiger partial charge in [0.2, 0.25) is 0 Å². The van der Waals surface area contributed by atoms with Crippen molar-refractivity contribution in [2.24, 2.45) is 0 Å². The first kappa shape index (κ1) is 25.9. The highest BCUT2D eigenvalue weighted by Crippen LogP contribution is 2.17. The first-order valence-electron chi connectivity index (χ1n) is 10.9. The van der Waals surface area contributed by atoms with Gasteiger partial charge < -0.3 is 14.4 Å². The minimum absolute atomic E-state index is 0.0545. The molecule has 0 aliphatic carbocycles. The highest BCUT2D eigenvalue weighted by Gasteiger charge is 2.14. The van der Waals surface area contributed by atoms with Gasteiger partial charge in [-0.25, -0.2) is 0 Å². The summed E-state index contributed by atoms with van der Waals surface area (Å²) in [5, 5.41) is 0. The van der Waals surface area contributed by atoms with Crippen molar-refractivity contribution >= 4 is 11.9 Å². The van der Waals surface area contributed by atoms with E-state index in [-0.39, 0.29) is 18.0 Å². The molecule has 0 saturated heterocycles. The van der Waals surface area contributed by atoms with Gasteiger partial charge in [-0.1, -0.05) is 45.4 Å². The van der Waals surface area contributed by atoms with E-state index >= 15 is 0 Å². The highest BCUT2D eigenvalue weighted by molar-refractivity contribution is 5.69. The quantitative estimate of drug-likeness (QED) is 0.242. The molecule has 1 atom stereocenters. The molecule has 27 heavy (non-hydrogen) atoms. The van der Waals surface area contributed by atoms with Crippen molar-refractivity contribution in [3.8, 4) is 0 Å². The molecule has 0 bridgehead atoms. The Morgan fingerprint density at radius 3 is 1.89 bits per heavy atom. The third-order valence-electron chi connectivity index (χ3n) is 4.80. The topological polar surface area (TPSA) is 55.8 Å². The van der Waals surface area contributed by atoms with Gasteiger partial charge >= 0.3 is 11.9 Å². The van der Waals surface area contributed by atoms with Gasteiger partial charge in [0, 0.05) is 12.8 Å². The molecular formula is C22H43NO4. The molecular weight excluding hydrogens is 342 g/mol. The number of unbranched alkanes of at least 4 members (excludes halogenated alkanes) is 7. The second-order valence-corrected chi connectivity index (χ2v) is 7.75. The first-order chi connectivity index (χ1) is 13.0. The smallest absolute Gasteiger partial charge is 0.306 e. The van der Waals surface area contributed by atoms with Crippen LogP contribution in [0.2, 0.25) is 0 Å². The van der Waals surface area contributed by atoms with Crippen LogP contribution in [0.3, 0.4) is 0 Å². The summed E-state index contributed by atoms with van der Waals surface area (Å²) in [4.78, 5) is 25.3. The van der Waals surface area contributed by atoms with E-state index in [9.17, 15) is 9.59 Å². The van der Waals surface area contributed by atoms with Crippen LogP contribution in [0.4, 0.5) is 0 Å². The van der Waals surface area contributed by atoms with Crippen LogP contribution in [0.1, 0.15) is 96.8 Å². The SMILES string of the molecule is CCCCCCCC(CCCCCCC(=O)OC)OC(=O)CCCN(C)C. The molecule has 0 aromatic rings. The van der Waals surface area contributed by atoms with Crippen molar-refractivity contribution in [1.29, 1.82) is 0 Å². The molecule has 0 saturated carbocycles. The molecule has 5 heteroatoms. The molecule has 1 unspecified atom stereocenters. The zero-order chi connectivity index (χ0) is 20.3. The van der Waals surface area contributed by atoms with E-state index < -0.39 is 0 Å². The number of carbonyl (C=O) groups excluding carboxylic acids is 2. The Hall–Kier alpha value is -1.10. The van der Waals surface area contributed by atoms with Crippen molar-refractivity contribution in [3.05, 3.63) is 0 Å². The van der Waals surface area contributed by atoms with E-state index in [0.717, 1.165) is 57.9 Å². The number of ether oxygens (including phenoxy) is 2. The Bertz CT molecular complexity index is 371. The number of nitrogens with zero attached hydrogens (tertiary/aromatic N) is 1. The molecule has 0 amide bonds. The summed E-state index contributed by atoms with van der Waals surface area (Å²) in [5.74, 6) is -0.187. The molecule has 0 spiro atoms. The summed E-state index contributed by atoms with van der Waals surface area (Å²) < 4.78 is 10.4. The monoisotopic (exact) mass is 385 g/mol. The van der Waals surface area contributed by atoms with Crippen molar-refractivity contribution in [2.45, 2.75) is 103 Å². The fourth-order valence-corrected chi connectivity index (χ4v) is 3.12. The van der Waals surface area contributed by atoms with Crippen molar-refractivity contribution in [2.75, 3.05) is 27.7 Å². The summed E-state index contributed by atoms with van der Waals surface area (Å²) in [7, 11) is 5.47. The number of rotatable bonds is 18. The largest absolute Gasteiger partial charge is 0.469 e. The molecule has 5 nitrogen and oxygen atoms in total. The van der Waals surface area contributed by atoms with Gasteiger partial charge in [0.1, 0.15) is 6.10 Å². The van der Waals surface area contributed by atoms with Gasteiger partial charge in [-0.15, -0.1) is 0 Å². The molecule has 0 rings (SSSR count). The number of hydrogen-bond acceptors (Lipinski definition) is 5. The fraction of sp³-hybridized carbons (Fsp3) is 0.909. The summed E-state index contributed by atoms with van der Waals surface area (Å²) >= 11 is 0. The Balaban J connectivity index is 4.07. The lowest BCUT2D eigenvalue weighted by Gasteiger charge is -2.18. The lowest BCUT2D eigenvalue weighted by Crippen LogP contribution is -2.20. The van der Waals surface area contributed by atoms with Crippen LogP contribution in [0.15, 0.2) is 0 Å². The summed E-state index contributed by atoms with van der Waals surface area (Å²) in [5.41, 5.74) is 0. The third-order valence-corrected chi connectivity index (χ3v) is 4.80. The second-order valence-electron chi connectivity index (χ2n) is 7.75. The van der Waals surface area contributed by atoms with Crippen LogP contribution in [-0.4, -0.2) is 50.7 Å². The molecule has 0 heterocycles. The van der Waals surface area contributed by atoms with Crippen LogP contribution in [0, 0.1) is 0 Å². The maximum absolute atomic E-state index is 12.1. The van der Waals surface area contributed by atoms with Gasteiger partial charge in [-0.05, 0) is 59.2 Å². The maximum Gasteiger partial charge on any atom is 0.306 e.